The summed E-state index contributed by atoms with van der Waals surface area (Å²) in [5, 5.41) is 16.6. The molecule has 142 valence electrons. The van der Waals surface area contributed by atoms with Crippen LogP contribution in [0.25, 0.3) is 0 Å². The summed E-state index contributed by atoms with van der Waals surface area (Å²) in [5.41, 5.74) is 1.61. The van der Waals surface area contributed by atoms with Gasteiger partial charge in [-0.3, -0.25) is 0 Å². The molecular weight excluding hydrogens is 409 g/mol. The van der Waals surface area contributed by atoms with Crippen molar-refractivity contribution in [3.05, 3.63) is 62.6 Å². The van der Waals surface area contributed by atoms with Gasteiger partial charge in [0.2, 0.25) is 5.95 Å². The minimum Gasteiger partial charge on any atom is -0.488 e. The lowest BCUT2D eigenvalue weighted by molar-refractivity contribution is 0.303. The molecule has 1 heterocycles. The van der Waals surface area contributed by atoms with E-state index in [1.165, 1.54) is 0 Å². The Morgan fingerprint density at radius 3 is 2.63 bits per heavy atom. The largest absolute Gasteiger partial charge is 0.488 e. The van der Waals surface area contributed by atoms with Gasteiger partial charge in [-0.05, 0) is 47.2 Å². The minimum absolute atomic E-state index is 0.251. The van der Waals surface area contributed by atoms with Crippen molar-refractivity contribution in [2.45, 2.75) is 33.0 Å². The standard InChI is InChI=1S/C18H18Cl3N5O/c1-2-8-26-18(23-24-25-26)22-10-12-9-13(19)6-7-17(12)27-11-14-15(20)4-3-5-16(14)21/h3-7,9H,2,8,10-11H2,1H3,(H,22,23,25). The summed E-state index contributed by atoms with van der Waals surface area (Å²) >= 11 is 18.6. The number of nitrogens with one attached hydrogen (secondary N) is 1. The summed E-state index contributed by atoms with van der Waals surface area (Å²) in [6, 6.07) is 10.8. The monoisotopic (exact) mass is 425 g/mol. The lowest BCUT2D eigenvalue weighted by Gasteiger charge is -2.14. The molecule has 3 rings (SSSR count). The Morgan fingerprint density at radius 1 is 1.11 bits per heavy atom. The number of ether oxygens (including phenoxy) is 1. The summed E-state index contributed by atoms with van der Waals surface area (Å²) in [6.45, 7) is 3.50. The molecule has 0 bridgehead atoms. The second-order valence-electron chi connectivity index (χ2n) is 5.82. The lowest BCUT2D eigenvalue weighted by Crippen LogP contribution is -2.10. The van der Waals surface area contributed by atoms with Crippen LogP contribution in [-0.2, 0) is 19.7 Å². The molecule has 0 atom stereocenters. The van der Waals surface area contributed by atoms with Crippen molar-refractivity contribution in [1.29, 1.82) is 0 Å². The number of anilines is 1. The van der Waals surface area contributed by atoms with Gasteiger partial charge in [-0.1, -0.05) is 52.9 Å². The number of aryl methyl sites for hydroxylation is 1. The van der Waals surface area contributed by atoms with E-state index in [2.05, 4.69) is 27.8 Å². The summed E-state index contributed by atoms with van der Waals surface area (Å²) in [4.78, 5) is 0. The Hall–Kier alpha value is -2.02. The zero-order valence-electron chi connectivity index (χ0n) is 14.6. The molecule has 1 N–H and O–H groups in total. The molecule has 3 aromatic rings. The maximum atomic E-state index is 6.21. The Kier molecular flexibility index (Phi) is 6.77. The Balaban J connectivity index is 1.74. The predicted octanol–water partition coefficient (Wildman–Crippen LogP) is 5.23. The van der Waals surface area contributed by atoms with Gasteiger partial charge in [-0.2, -0.15) is 0 Å². The van der Waals surface area contributed by atoms with Crippen molar-refractivity contribution in [3.8, 4) is 5.75 Å². The number of tetrazole rings is 1. The molecule has 0 amide bonds. The summed E-state index contributed by atoms with van der Waals surface area (Å²) in [6.07, 6.45) is 0.934. The minimum atomic E-state index is 0.251. The van der Waals surface area contributed by atoms with Gasteiger partial charge < -0.3 is 10.1 Å². The zero-order chi connectivity index (χ0) is 19.2. The highest BCUT2D eigenvalue weighted by atomic mass is 35.5. The van der Waals surface area contributed by atoms with Crippen LogP contribution in [0.5, 0.6) is 5.75 Å². The molecule has 27 heavy (non-hydrogen) atoms. The van der Waals surface area contributed by atoms with E-state index >= 15 is 0 Å². The molecular formula is C18H18Cl3N5O. The van der Waals surface area contributed by atoms with Crippen molar-refractivity contribution in [2.75, 3.05) is 5.32 Å². The average Bonchev–Trinajstić information content (AvgIpc) is 3.08. The first-order valence-electron chi connectivity index (χ1n) is 8.42. The number of hydrogen-bond acceptors (Lipinski definition) is 5. The van der Waals surface area contributed by atoms with Crippen molar-refractivity contribution < 1.29 is 4.74 Å². The van der Waals surface area contributed by atoms with Crippen molar-refractivity contribution in [1.82, 2.24) is 20.2 Å². The number of hydrogen-bond donors (Lipinski definition) is 1. The van der Waals surface area contributed by atoms with Gasteiger partial charge in [-0.15, -0.1) is 0 Å². The number of halogens is 3. The maximum Gasteiger partial charge on any atom is 0.243 e. The third-order valence-corrected chi connectivity index (χ3v) is 4.80. The van der Waals surface area contributed by atoms with Gasteiger partial charge in [0.05, 0.1) is 0 Å². The average molecular weight is 427 g/mol. The van der Waals surface area contributed by atoms with Crippen LogP contribution in [0.1, 0.15) is 24.5 Å². The van der Waals surface area contributed by atoms with Crippen LogP contribution in [-0.4, -0.2) is 20.2 Å². The van der Waals surface area contributed by atoms with E-state index in [-0.39, 0.29) is 6.61 Å². The lowest BCUT2D eigenvalue weighted by atomic mass is 10.2. The molecule has 6 nitrogen and oxygen atoms in total. The van der Waals surface area contributed by atoms with E-state index in [1.807, 2.05) is 12.1 Å². The number of aromatic nitrogens is 4. The maximum absolute atomic E-state index is 6.21. The second-order valence-corrected chi connectivity index (χ2v) is 7.07. The Bertz CT molecular complexity index is 896. The smallest absolute Gasteiger partial charge is 0.243 e. The Labute approximate surface area is 172 Å². The third-order valence-electron chi connectivity index (χ3n) is 3.86. The first kappa shape index (κ1) is 19.7. The Morgan fingerprint density at radius 2 is 1.89 bits per heavy atom. The van der Waals surface area contributed by atoms with E-state index in [4.69, 9.17) is 39.5 Å². The first-order chi connectivity index (χ1) is 13.1. The third kappa shape index (κ3) is 5.03. The molecule has 0 aliphatic carbocycles. The fourth-order valence-electron chi connectivity index (χ4n) is 2.52. The molecule has 0 radical (unpaired) electrons. The molecule has 0 saturated heterocycles. The van der Waals surface area contributed by atoms with Crippen LogP contribution in [0.2, 0.25) is 15.1 Å². The SMILES string of the molecule is CCCn1nnnc1NCc1cc(Cl)ccc1OCc1c(Cl)cccc1Cl. The fourth-order valence-corrected chi connectivity index (χ4v) is 3.22. The van der Waals surface area contributed by atoms with Crippen LogP contribution in [0.15, 0.2) is 36.4 Å². The molecule has 0 saturated carbocycles. The van der Waals surface area contributed by atoms with E-state index in [0.717, 1.165) is 24.1 Å². The molecule has 0 unspecified atom stereocenters. The van der Waals surface area contributed by atoms with Gasteiger partial charge in [0, 0.05) is 39.3 Å². The van der Waals surface area contributed by atoms with E-state index in [1.54, 1.807) is 28.9 Å². The zero-order valence-corrected chi connectivity index (χ0v) is 16.9. The quantitative estimate of drug-likeness (QED) is 0.534. The van der Waals surface area contributed by atoms with Gasteiger partial charge >= 0.3 is 0 Å². The summed E-state index contributed by atoms with van der Waals surface area (Å²) < 4.78 is 7.68. The molecule has 0 spiro atoms. The van der Waals surface area contributed by atoms with Crippen molar-refractivity contribution in [3.63, 3.8) is 0 Å². The van der Waals surface area contributed by atoms with Gasteiger partial charge in [0.1, 0.15) is 12.4 Å². The van der Waals surface area contributed by atoms with Gasteiger partial charge in [0.25, 0.3) is 0 Å². The number of rotatable bonds is 8. The van der Waals surface area contributed by atoms with Crippen LogP contribution in [0.3, 0.4) is 0 Å². The molecule has 0 aliphatic rings. The van der Waals surface area contributed by atoms with E-state index in [9.17, 15) is 0 Å². The highest BCUT2D eigenvalue weighted by molar-refractivity contribution is 6.36. The highest BCUT2D eigenvalue weighted by Crippen LogP contribution is 2.28. The topological polar surface area (TPSA) is 64.9 Å². The van der Waals surface area contributed by atoms with E-state index < -0.39 is 0 Å². The van der Waals surface area contributed by atoms with Crippen LogP contribution in [0.4, 0.5) is 5.95 Å². The fraction of sp³-hybridized carbons (Fsp3) is 0.278. The van der Waals surface area contributed by atoms with Crippen LogP contribution in [0, 0.1) is 0 Å². The molecule has 0 fully saturated rings. The van der Waals surface area contributed by atoms with Gasteiger partial charge in [0.15, 0.2) is 0 Å². The van der Waals surface area contributed by atoms with Crippen LogP contribution >= 0.6 is 34.8 Å². The summed E-state index contributed by atoms with van der Waals surface area (Å²) in [5.74, 6) is 1.27. The van der Waals surface area contributed by atoms with Crippen molar-refractivity contribution >= 4 is 40.8 Å². The van der Waals surface area contributed by atoms with E-state index in [0.29, 0.717) is 33.3 Å². The molecule has 2 aromatic carbocycles. The molecule has 1 aromatic heterocycles. The van der Waals surface area contributed by atoms with Gasteiger partial charge in [-0.25, -0.2) is 4.68 Å². The number of nitrogens with zero attached hydrogens (tertiary/aromatic N) is 4. The molecule has 0 aliphatic heterocycles. The van der Waals surface area contributed by atoms with Crippen LogP contribution < -0.4 is 10.1 Å². The summed E-state index contributed by atoms with van der Waals surface area (Å²) in [7, 11) is 0. The predicted molar refractivity (Wildman–Crippen MR) is 108 cm³/mol. The number of benzene rings is 2. The second kappa shape index (κ2) is 9.26. The molecule has 9 heteroatoms. The van der Waals surface area contributed by atoms with Crippen molar-refractivity contribution in [2.24, 2.45) is 0 Å². The highest BCUT2D eigenvalue weighted by Gasteiger charge is 2.11. The first-order valence-corrected chi connectivity index (χ1v) is 9.56. The normalized spacial score (nSPS) is 10.8.